The van der Waals surface area contributed by atoms with Gasteiger partial charge in [0.1, 0.15) is 5.75 Å². The third kappa shape index (κ3) is 3.96. The zero-order chi connectivity index (χ0) is 20.3. The van der Waals surface area contributed by atoms with E-state index in [0.717, 1.165) is 53.9 Å². The van der Waals surface area contributed by atoms with Crippen molar-refractivity contribution in [2.24, 2.45) is 5.73 Å². The van der Waals surface area contributed by atoms with Gasteiger partial charge in [-0.25, -0.2) is 0 Å². The maximum Gasteiger partial charge on any atom is 0.251 e. The minimum Gasteiger partial charge on any atom is -0.508 e. The molecule has 0 aliphatic rings. The van der Waals surface area contributed by atoms with E-state index in [2.05, 4.69) is 42.7 Å². The monoisotopic (exact) mass is 376 g/mol. The summed E-state index contributed by atoms with van der Waals surface area (Å²) in [5.74, 6) is -0.112. The standard InChI is InChI=1S/C24H28N2O2/c1-4-5-21-23(19-10-6-16(2)7-11-19)22(24(25)28)17(3)26(21)15-14-18-8-12-20(27)13-9-18/h6-13,27H,4-5,14-15H2,1-3H3,(H2,25,28). The van der Waals surface area contributed by atoms with Crippen molar-refractivity contribution in [2.75, 3.05) is 0 Å². The van der Waals surface area contributed by atoms with Crippen LogP contribution in [0.1, 0.15) is 46.2 Å². The van der Waals surface area contributed by atoms with Crippen LogP contribution >= 0.6 is 0 Å². The lowest BCUT2D eigenvalue weighted by Crippen LogP contribution is -2.14. The molecule has 0 saturated carbocycles. The average molecular weight is 377 g/mol. The number of aromatic nitrogens is 1. The van der Waals surface area contributed by atoms with Crippen LogP contribution in [0.15, 0.2) is 48.5 Å². The largest absolute Gasteiger partial charge is 0.508 e. The first-order chi connectivity index (χ1) is 13.4. The summed E-state index contributed by atoms with van der Waals surface area (Å²) in [6, 6.07) is 15.6. The molecule has 0 unspecified atom stereocenters. The summed E-state index contributed by atoms with van der Waals surface area (Å²) in [6.45, 7) is 6.95. The van der Waals surface area contributed by atoms with E-state index in [0.29, 0.717) is 5.56 Å². The predicted molar refractivity (Wildman–Crippen MR) is 114 cm³/mol. The molecule has 1 amide bonds. The molecule has 0 atom stereocenters. The van der Waals surface area contributed by atoms with Gasteiger partial charge in [0, 0.05) is 23.5 Å². The van der Waals surface area contributed by atoms with E-state index < -0.39 is 0 Å². The molecule has 0 aliphatic heterocycles. The molecule has 0 fully saturated rings. The van der Waals surface area contributed by atoms with Gasteiger partial charge >= 0.3 is 0 Å². The van der Waals surface area contributed by atoms with Crippen LogP contribution < -0.4 is 5.73 Å². The van der Waals surface area contributed by atoms with E-state index in [9.17, 15) is 9.90 Å². The van der Waals surface area contributed by atoms with Crippen molar-refractivity contribution < 1.29 is 9.90 Å². The lowest BCUT2D eigenvalue weighted by atomic mass is 9.97. The molecule has 1 heterocycles. The summed E-state index contributed by atoms with van der Waals surface area (Å²) in [5, 5.41) is 9.49. The van der Waals surface area contributed by atoms with Crippen molar-refractivity contribution >= 4 is 5.91 Å². The molecule has 28 heavy (non-hydrogen) atoms. The summed E-state index contributed by atoms with van der Waals surface area (Å²) in [4.78, 5) is 12.3. The van der Waals surface area contributed by atoms with E-state index in [1.54, 1.807) is 12.1 Å². The minimum absolute atomic E-state index is 0.269. The van der Waals surface area contributed by atoms with Gasteiger partial charge in [0.15, 0.2) is 0 Å². The van der Waals surface area contributed by atoms with Crippen molar-refractivity contribution in [3.05, 3.63) is 76.6 Å². The Hall–Kier alpha value is -3.01. The number of phenols is 1. The van der Waals surface area contributed by atoms with E-state index in [1.807, 2.05) is 19.1 Å². The Kier molecular flexibility index (Phi) is 5.88. The molecule has 0 radical (unpaired) electrons. The molecule has 0 spiro atoms. The summed E-state index contributed by atoms with van der Waals surface area (Å²) < 4.78 is 2.24. The number of carbonyl (C=O) groups is 1. The smallest absolute Gasteiger partial charge is 0.251 e. The number of nitrogens with two attached hydrogens (primary N) is 1. The highest BCUT2D eigenvalue weighted by atomic mass is 16.3. The molecule has 4 heteroatoms. The number of primary amides is 1. The molecule has 3 aromatic rings. The Morgan fingerprint density at radius 2 is 1.64 bits per heavy atom. The second-order valence-corrected chi connectivity index (χ2v) is 7.33. The lowest BCUT2D eigenvalue weighted by molar-refractivity contribution is 0.1000. The van der Waals surface area contributed by atoms with Gasteiger partial charge < -0.3 is 15.4 Å². The zero-order valence-corrected chi connectivity index (χ0v) is 16.8. The second-order valence-electron chi connectivity index (χ2n) is 7.33. The maximum absolute atomic E-state index is 12.3. The van der Waals surface area contributed by atoms with Crippen molar-refractivity contribution in [2.45, 2.75) is 46.6 Å². The number of benzene rings is 2. The molecule has 0 aliphatic carbocycles. The fourth-order valence-electron chi connectivity index (χ4n) is 3.83. The number of phenolic OH excluding ortho intramolecular Hbond substituents is 1. The Balaban J connectivity index is 2.08. The summed E-state index contributed by atoms with van der Waals surface area (Å²) in [7, 11) is 0. The average Bonchev–Trinajstić information content (AvgIpc) is 2.94. The van der Waals surface area contributed by atoms with Gasteiger partial charge in [-0.3, -0.25) is 4.79 Å². The van der Waals surface area contributed by atoms with Crippen LogP contribution in [-0.2, 0) is 19.4 Å². The number of aromatic hydroxyl groups is 1. The Bertz CT molecular complexity index is 967. The van der Waals surface area contributed by atoms with Crippen molar-refractivity contribution in [3.63, 3.8) is 0 Å². The lowest BCUT2D eigenvalue weighted by Gasteiger charge is -2.13. The van der Waals surface area contributed by atoms with Gasteiger partial charge in [0.2, 0.25) is 0 Å². The van der Waals surface area contributed by atoms with Crippen molar-refractivity contribution in [3.8, 4) is 16.9 Å². The third-order valence-corrected chi connectivity index (χ3v) is 5.26. The van der Waals surface area contributed by atoms with Gasteiger partial charge in [0.05, 0.1) is 5.56 Å². The van der Waals surface area contributed by atoms with Crippen LogP contribution in [0.5, 0.6) is 5.75 Å². The molecule has 1 aromatic heterocycles. The maximum atomic E-state index is 12.3. The number of hydrogen-bond donors (Lipinski definition) is 2. The zero-order valence-electron chi connectivity index (χ0n) is 16.8. The van der Waals surface area contributed by atoms with Crippen LogP contribution in [-0.4, -0.2) is 15.6 Å². The van der Waals surface area contributed by atoms with Gasteiger partial charge in [0.25, 0.3) is 5.91 Å². The highest BCUT2D eigenvalue weighted by Gasteiger charge is 2.24. The first-order valence-corrected chi connectivity index (χ1v) is 9.79. The first kappa shape index (κ1) is 19.7. The molecule has 146 valence electrons. The topological polar surface area (TPSA) is 68.2 Å². The molecular formula is C24H28N2O2. The summed E-state index contributed by atoms with van der Waals surface area (Å²) in [5.41, 5.74) is 12.8. The van der Waals surface area contributed by atoms with Gasteiger partial charge in [-0.1, -0.05) is 55.3 Å². The molecule has 2 aromatic carbocycles. The normalized spacial score (nSPS) is 11.0. The van der Waals surface area contributed by atoms with Crippen LogP contribution in [0.3, 0.4) is 0 Å². The van der Waals surface area contributed by atoms with E-state index in [-0.39, 0.29) is 11.7 Å². The third-order valence-electron chi connectivity index (χ3n) is 5.26. The molecule has 0 bridgehead atoms. The number of rotatable bonds is 7. The predicted octanol–water partition coefficient (Wildman–Crippen LogP) is 4.77. The fraction of sp³-hybridized carbons (Fsp3) is 0.292. The Morgan fingerprint density at radius 3 is 2.21 bits per heavy atom. The Morgan fingerprint density at radius 1 is 1.00 bits per heavy atom. The fourth-order valence-corrected chi connectivity index (χ4v) is 3.83. The quantitative estimate of drug-likeness (QED) is 0.623. The summed E-state index contributed by atoms with van der Waals surface area (Å²) in [6.07, 6.45) is 2.69. The van der Waals surface area contributed by atoms with Gasteiger partial charge in [-0.2, -0.15) is 0 Å². The van der Waals surface area contributed by atoms with Gasteiger partial charge in [-0.15, -0.1) is 0 Å². The molecular weight excluding hydrogens is 348 g/mol. The van der Waals surface area contributed by atoms with E-state index >= 15 is 0 Å². The summed E-state index contributed by atoms with van der Waals surface area (Å²) >= 11 is 0. The highest BCUT2D eigenvalue weighted by molar-refractivity contribution is 6.02. The highest BCUT2D eigenvalue weighted by Crippen LogP contribution is 2.34. The molecule has 4 nitrogen and oxygen atoms in total. The van der Waals surface area contributed by atoms with Crippen molar-refractivity contribution in [1.29, 1.82) is 0 Å². The van der Waals surface area contributed by atoms with Gasteiger partial charge in [-0.05, 0) is 49.9 Å². The van der Waals surface area contributed by atoms with E-state index in [1.165, 1.54) is 5.56 Å². The number of amides is 1. The van der Waals surface area contributed by atoms with Crippen LogP contribution in [0.25, 0.3) is 11.1 Å². The Labute approximate surface area is 166 Å². The number of aryl methyl sites for hydroxylation is 2. The van der Waals surface area contributed by atoms with Crippen LogP contribution in [0, 0.1) is 13.8 Å². The minimum atomic E-state index is -0.381. The number of carbonyl (C=O) groups excluding carboxylic acids is 1. The first-order valence-electron chi connectivity index (χ1n) is 9.79. The molecule has 0 saturated heterocycles. The second kappa shape index (κ2) is 8.34. The number of hydrogen-bond acceptors (Lipinski definition) is 2. The molecule has 3 rings (SSSR count). The SMILES string of the molecule is CCCc1c(-c2ccc(C)cc2)c(C(N)=O)c(C)n1CCc1ccc(O)cc1. The van der Waals surface area contributed by atoms with Crippen molar-refractivity contribution in [1.82, 2.24) is 4.57 Å². The van der Waals surface area contributed by atoms with Crippen LogP contribution in [0.4, 0.5) is 0 Å². The number of nitrogens with zero attached hydrogens (tertiary/aromatic N) is 1. The van der Waals surface area contributed by atoms with E-state index in [4.69, 9.17) is 5.73 Å². The molecule has 3 N–H and O–H groups in total. The van der Waals surface area contributed by atoms with Crippen LogP contribution in [0.2, 0.25) is 0 Å².